The average molecular weight is 364 g/mol. The molecule has 7 nitrogen and oxygen atoms in total. The van der Waals surface area contributed by atoms with E-state index in [1.807, 2.05) is 13.0 Å². The fourth-order valence-corrected chi connectivity index (χ4v) is 3.70. The van der Waals surface area contributed by atoms with Crippen molar-refractivity contribution in [2.75, 3.05) is 23.3 Å². The van der Waals surface area contributed by atoms with Gasteiger partial charge in [0.15, 0.2) is 0 Å². The average Bonchev–Trinajstić information content (AvgIpc) is 3.14. The third-order valence-corrected chi connectivity index (χ3v) is 5.06. The normalized spacial score (nSPS) is 18.8. The van der Waals surface area contributed by atoms with Gasteiger partial charge in [0.25, 0.3) is 5.91 Å². The molecule has 3 heterocycles. The van der Waals surface area contributed by atoms with E-state index in [0.29, 0.717) is 30.0 Å². The molecule has 2 aliphatic heterocycles. The summed E-state index contributed by atoms with van der Waals surface area (Å²) in [5.74, 6) is -0.237. The molecule has 0 aliphatic carbocycles. The van der Waals surface area contributed by atoms with Crippen molar-refractivity contribution in [1.82, 2.24) is 9.88 Å². The number of rotatable bonds is 3. The number of fused-ring (bicyclic) bond motifs is 2. The maximum absolute atomic E-state index is 13.1. The van der Waals surface area contributed by atoms with Gasteiger partial charge in [-0.3, -0.25) is 14.4 Å². The smallest absolute Gasteiger partial charge is 0.256 e. The molecule has 0 unspecified atom stereocenters. The van der Waals surface area contributed by atoms with Crippen LogP contribution in [-0.2, 0) is 9.59 Å². The van der Waals surface area contributed by atoms with E-state index in [1.54, 1.807) is 41.4 Å². The van der Waals surface area contributed by atoms with Crippen LogP contribution in [0.2, 0.25) is 0 Å². The second kappa shape index (κ2) is 6.83. The Hall–Kier alpha value is -3.22. The molecular weight excluding hydrogens is 344 g/mol. The van der Waals surface area contributed by atoms with E-state index in [9.17, 15) is 14.4 Å². The third kappa shape index (κ3) is 3.05. The van der Waals surface area contributed by atoms with Gasteiger partial charge in [-0.25, -0.2) is 4.98 Å². The van der Waals surface area contributed by atoms with Crippen LogP contribution in [0.4, 0.5) is 11.5 Å². The highest BCUT2D eigenvalue weighted by molar-refractivity contribution is 6.13. The van der Waals surface area contributed by atoms with Crippen LogP contribution in [0.3, 0.4) is 0 Å². The fourth-order valence-electron chi connectivity index (χ4n) is 3.70. The minimum absolute atomic E-state index is 0.148. The lowest BCUT2D eigenvalue weighted by Gasteiger charge is -2.25. The van der Waals surface area contributed by atoms with Crippen molar-refractivity contribution in [1.29, 1.82) is 0 Å². The summed E-state index contributed by atoms with van der Waals surface area (Å²) in [4.78, 5) is 45.8. The first kappa shape index (κ1) is 17.2. The zero-order valence-electron chi connectivity index (χ0n) is 15.0. The Bertz CT molecular complexity index is 927. The van der Waals surface area contributed by atoms with Gasteiger partial charge in [0.05, 0.1) is 11.3 Å². The Kier molecular flexibility index (Phi) is 4.35. The summed E-state index contributed by atoms with van der Waals surface area (Å²) in [5, 5.41) is 2.76. The summed E-state index contributed by atoms with van der Waals surface area (Å²) < 4.78 is 0. The van der Waals surface area contributed by atoms with Crippen molar-refractivity contribution in [3.63, 3.8) is 0 Å². The summed E-state index contributed by atoms with van der Waals surface area (Å²) in [5.41, 5.74) is 1.78. The summed E-state index contributed by atoms with van der Waals surface area (Å²) in [6, 6.07) is 10.1. The monoisotopic (exact) mass is 364 g/mol. The van der Waals surface area contributed by atoms with E-state index in [4.69, 9.17) is 0 Å². The van der Waals surface area contributed by atoms with Gasteiger partial charge < -0.3 is 15.1 Å². The second-order valence-electron chi connectivity index (χ2n) is 6.82. The Balaban J connectivity index is 1.65. The molecule has 0 spiro atoms. The molecule has 0 radical (unpaired) electrons. The van der Waals surface area contributed by atoms with Crippen LogP contribution in [-0.4, -0.2) is 46.7 Å². The number of carbonyl (C=O) groups is 3. The second-order valence-corrected chi connectivity index (χ2v) is 6.82. The predicted molar refractivity (Wildman–Crippen MR) is 100 cm³/mol. The predicted octanol–water partition coefficient (Wildman–Crippen LogP) is 1.98. The number of nitrogens with one attached hydrogen (secondary N) is 1. The lowest BCUT2D eigenvalue weighted by atomic mass is 10.1. The minimum atomic E-state index is -0.505. The van der Waals surface area contributed by atoms with Gasteiger partial charge >= 0.3 is 0 Å². The molecule has 0 saturated carbocycles. The number of nitrogens with zero attached hydrogens (tertiary/aromatic N) is 3. The van der Waals surface area contributed by atoms with Crippen LogP contribution < -0.4 is 10.2 Å². The van der Waals surface area contributed by atoms with Crippen LogP contribution >= 0.6 is 0 Å². The number of benzene rings is 1. The van der Waals surface area contributed by atoms with Crippen LogP contribution in [0, 0.1) is 6.92 Å². The Morgan fingerprint density at radius 1 is 1.22 bits per heavy atom. The molecule has 1 aromatic heterocycles. The highest BCUT2D eigenvalue weighted by atomic mass is 16.2. The summed E-state index contributed by atoms with van der Waals surface area (Å²) in [6.45, 7) is 2.25. The van der Waals surface area contributed by atoms with Crippen molar-refractivity contribution < 1.29 is 14.4 Å². The van der Waals surface area contributed by atoms with E-state index in [1.165, 1.54) is 4.90 Å². The van der Waals surface area contributed by atoms with Crippen molar-refractivity contribution in [2.45, 2.75) is 25.8 Å². The summed E-state index contributed by atoms with van der Waals surface area (Å²) in [6.07, 6.45) is 3.01. The van der Waals surface area contributed by atoms with Crippen molar-refractivity contribution in [2.24, 2.45) is 0 Å². The molecule has 3 amide bonds. The number of carbonyl (C=O) groups excluding carboxylic acids is 3. The molecule has 1 N–H and O–H groups in total. The van der Waals surface area contributed by atoms with E-state index in [0.717, 1.165) is 12.0 Å². The Morgan fingerprint density at radius 2 is 2.04 bits per heavy atom. The maximum atomic E-state index is 13.1. The van der Waals surface area contributed by atoms with Crippen LogP contribution in [0.15, 0.2) is 42.6 Å². The zero-order valence-corrected chi connectivity index (χ0v) is 15.0. The van der Waals surface area contributed by atoms with Gasteiger partial charge in [-0.05, 0) is 43.5 Å². The molecule has 4 rings (SSSR count). The number of pyridine rings is 1. The third-order valence-electron chi connectivity index (χ3n) is 5.06. The van der Waals surface area contributed by atoms with E-state index in [2.05, 4.69) is 10.3 Å². The van der Waals surface area contributed by atoms with Gasteiger partial charge in [-0.2, -0.15) is 0 Å². The quantitative estimate of drug-likeness (QED) is 0.903. The largest absolute Gasteiger partial charge is 0.327 e. The van der Waals surface area contributed by atoms with Crippen LogP contribution in [0.5, 0.6) is 0 Å². The molecule has 0 bridgehead atoms. The topological polar surface area (TPSA) is 82.6 Å². The number of aryl methyl sites for hydroxylation is 1. The number of hydrogen-bond acceptors (Lipinski definition) is 4. The first-order valence-electron chi connectivity index (χ1n) is 8.99. The number of hydrogen-bond donors (Lipinski definition) is 1. The van der Waals surface area contributed by atoms with E-state index < -0.39 is 6.04 Å². The molecule has 1 aromatic carbocycles. The lowest BCUT2D eigenvalue weighted by Crippen LogP contribution is -2.47. The van der Waals surface area contributed by atoms with Crippen molar-refractivity contribution in [3.8, 4) is 0 Å². The lowest BCUT2D eigenvalue weighted by molar-refractivity contribution is -0.124. The molecule has 1 saturated heterocycles. The molecule has 27 heavy (non-hydrogen) atoms. The number of anilines is 2. The minimum Gasteiger partial charge on any atom is -0.327 e. The number of amides is 3. The molecule has 138 valence electrons. The van der Waals surface area contributed by atoms with Crippen molar-refractivity contribution >= 4 is 29.2 Å². The van der Waals surface area contributed by atoms with E-state index >= 15 is 0 Å². The fraction of sp³-hybridized carbons (Fsp3) is 0.300. The highest BCUT2D eigenvalue weighted by Gasteiger charge is 2.42. The molecule has 1 fully saturated rings. The first-order chi connectivity index (χ1) is 13.1. The SMILES string of the molecule is Cc1cccnc1NC(=O)CN1C(=O)[C@H]2CCCN2C(=O)c2ccccc21. The van der Waals surface area contributed by atoms with Gasteiger partial charge in [-0.15, -0.1) is 0 Å². The summed E-state index contributed by atoms with van der Waals surface area (Å²) in [7, 11) is 0. The molecule has 7 heteroatoms. The Labute approximate surface area is 157 Å². The molecule has 1 atom stereocenters. The van der Waals surface area contributed by atoms with Gasteiger partial charge in [-0.1, -0.05) is 18.2 Å². The zero-order chi connectivity index (χ0) is 19.0. The standard InChI is InChI=1S/C20H20N4O3/c1-13-6-4-10-21-18(13)22-17(25)12-24-15-8-3-2-7-14(15)19(26)23-11-5-9-16(23)20(24)27/h2-4,6-8,10,16H,5,9,11-12H2,1H3,(H,21,22,25)/t16-/m1/s1. The van der Waals surface area contributed by atoms with Gasteiger partial charge in [0, 0.05) is 12.7 Å². The molecule has 2 aromatic rings. The first-order valence-corrected chi connectivity index (χ1v) is 8.99. The summed E-state index contributed by atoms with van der Waals surface area (Å²) >= 11 is 0. The van der Waals surface area contributed by atoms with Crippen molar-refractivity contribution in [3.05, 3.63) is 53.7 Å². The van der Waals surface area contributed by atoms with Gasteiger partial charge in [0.2, 0.25) is 11.8 Å². The highest BCUT2D eigenvalue weighted by Crippen LogP contribution is 2.32. The molecular formula is C20H20N4O3. The number of para-hydroxylation sites is 1. The molecule has 2 aliphatic rings. The van der Waals surface area contributed by atoms with Crippen LogP contribution in [0.1, 0.15) is 28.8 Å². The van der Waals surface area contributed by atoms with E-state index in [-0.39, 0.29) is 24.3 Å². The maximum Gasteiger partial charge on any atom is 0.256 e. The van der Waals surface area contributed by atoms with Gasteiger partial charge in [0.1, 0.15) is 18.4 Å². The number of aromatic nitrogens is 1. The van der Waals surface area contributed by atoms with Crippen LogP contribution in [0.25, 0.3) is 0 Å². The Morgan fingerprint density at radius 3 is 2.85 bits per heavy atom.